The van der Waals surface area contributed by atoms with E-state index >= 15 is 0 Å². The van der Waals surface area contributed by atoms with Crippen LogP contribution in [-0.2, 0) is 11.2 Å². The van der Waals surface area contributed by atoms with Crippen molar-refractivity contribution in [2.75, 3.05) is 13.7 Å². The maximum Gasteiger partial charge on any atom is 0.220 e. The molecule has 128 valence electrons. The Morgan fingerprint density at radius 1 is 1.39 bits per heavy atom. The summed E-state index contributed by atoms with van der Waals surface area (Å²) in [5, 5.41) is 12.8. The number of hydrogen-bond acceptors (Lipinski definition) is 3. The minimum absolute atomic E-state index is 0.00300. The van der Waals surface area contributed by atoms with Crippen molar-refractivity contribution in [1.29, 1.82) is 0 Å². The van der Waals surface area contributed by atoms with Gasteiger partial charge in [-0.2, -0.15) is 0 Å². The van der Waals surface area contributed by atoms with E-state index in [0.29, 0.717) is 25.8 Å². The zero-order valence-corrected chi connectivity index (χ0v) is 13.7. The van der Waals surface area contributed by atoms with Gasteiger partial charge in [-0.1, -0.05) is 18.9 Å². The highest BCUT2D eigenvalue weighted by atomic mass is 19.1. The molecule has 2 unspecified atom stereocenters. The molecule has 2 N–H and O–H groups in total. The van der Waals surface area contributed by atoms with Gasteiger partial charge in [0.2, 0.25) is 5.91 Å². The molecule has 0 radical (unpaired) electrons. The lowest BCUT2D eigenvalue weighted by atomic mass is 9.86. The monoisotopic (exact) mass is 323 g/mol. The number of rotatable bonds is 7. The summed E-state index contributed by atoms with van der Waals surface area (Å²) < 4.78 is 18.5. The van der Waals surface area contributed by atoms with Crippen molar-refractivity contribution in [3.8, 4) is 5.75 Å². The molecular weight excluding hydrogens is 297 g/mol. The third kappa shape index (κ3) is 5.50. The predicted molar refractivity (Wildman–Crippen MR) is 86.9 cm³/mol. The molecule has 0 aliphatic heterocycles. The minimum atomic E-state index is -0.374. The largest absolute Gasteiger partial charge is 0.494 e. The van der Waals surface area contributed by atoms with E-state index in [-0.39, 0.29) is 29.5 Å². The van der Waals surface area contributed by atoms with E-state index in [0.717, 1.165) is 31.2 Å². The fourth-order valence-corrected chi connectivity index (χ4v) is 3.08. The SMILES string of the molecule is COc1ccc(CCCC(=O)NCC2CCCCC2O)cc1F. The number of ether oxygens (including phenoxy) is 1. The van der Waals surface area contributed by atoms with Gasteiger partial charge in [-0.05, 0) is 43.4 Å². The van der Waals surface area contributed by atoms with Gasteiger partial charge in [-0.3, -0.25) is 4.79 Å². The zero-order chi connectivity index (χ0) is 16.7. The summed E-state index contributed by atoms with van der Waals surface area (Å²) in [6, 6.07) is 4.88. The highest BCUT2D eigenvalue weighted by molar-refractivity contribution is 5.75. The molecule has 0 saturated heterocycles. The summed E-state index contributed by atoms with van der Waals surface area (Å²) in [6.45, 7) is 0.553. The number of nitrogens with one attached hydrogen (secondary N) is 1. The van der Waals surface area contributed by atoms with E-state index in [1.54, 1.807) is 6.07 Å². The first-order valence-corrected chi connectivity index (χ1v) is 8.37. The summed E-state index contributed by atoms with van der Waals surface area (Å²) in [7, 11) is 1.44. The quantitative estimate of drug-likeness (QED) is 0.811. The zero-order valence-electron chi connectivity index (χ0n) is 13.7. The van der Waals surface area contributed by atoms with Crippen LogP contribution in [-0.4, -0.2) is 30.8 Å². The lowest BCUT2D eigenvalue weighted by Crippen LogP contribution is -2.36. The van der Waals surface area contributed by atoms with E-state index in [4.69, 9.17) is 4.74 Å². The number of halogens is 1. The summed E-state index contributed by atoms with van der Waals surface area (Å²) in [6.07, 6.45) is 5.47. The Labute approximate surface area is 137 Å². The summed E-state index contributed by atoms with van der Waals surface area (Å²) >= 11 is 0. The Hall–Kier alpha value is -1.62. The summed E-state index contributed by atoms with van der Waals surface area (Å²) in [4.78, 5) is 11.9. The molecule has 1 aliphatic rings. The Morgan fingerprint density at radius 2 is 2.17 bits per heavy atom. The van der Waals surface area contributed by atoms with Gasteiger partial charge in [0.15, 0.2) is 11.6 Å². The number of benzene rings is 1. The molecule has 5 heteroatoms. The fourth-order valence-electron chi connectivity index (χ4n) is 3.08. The van der Waals surface area contributed by atoms with Crippen LogP contribution in [0.15, 0.2) is 18.2 Å². The van der Waals surface area contributed by atoms with Crippen molar-refractivity contribution in [2.45, 2.75) is 51.0 Å². The number of carbonyl (C=O) groups is 1. The molecule has 1 aliphatic carbocycles. The van der Waals surface area contributed by atoms with E-state index < -0.39 is 0 Å². The maximum absolute atomic E-state index is 13.6. The Bertz CT molecular complexity index is 521. The smallest absolute Gasteiger partial charge is 0.220 e. The van der Waals surface area contributed by atoms with Crippen LogP contribution < -0.4 is 10.1 Å². The molecule has 23 heavy (non-hydrogen) atoms. The third-order valence-corrected chi connectivity index (χ3v) is 4.52. The second-order valence-electron chi connectivity index (χ2n) is 6.24. The molecule has 1 aromatic rings. The number of aliphatic hydroxyl groups excluding tert-OH is 1. The number of aryl methyl sites for hydroxylation is 1. The van der Waals surface area contributed by atoms with Crippen molar-refractivity contribution in [2.24, 2.45) is 5.92 Å². The van der Waals surface area contributed by atoms with Gasteiger partial charge in [-0.15, -0.1) is 0 Å². The summed E-state index contributed by atoms with van der Waals surface area (Å²) in [5.74, 6) is 0.0402. The lowest BCUT2D eigenvalue weighted by molar-refractivity contribution is -0.121. The van der Waals surface area contributed by atoms with Gasteiger partial charge in [0.05, 0.1) is 13.2 Å². The first kappa shape index (κ1) is 17.7. The van der Waals surface area contributed by atoms with Crippen LogP contribution in [0.3, 0.4) is 0 Å². The average molecular weight is 323 g/mol. The predicted octanol–water partition coefficient (Wildman–Crippen LogP) is 2.82. The van der Waals surface area contributed by atoms with Crippen LogP contribution in [0.5, 0.6) is 5.75 Å². The van der Waals surface area contributed by atoms with Crippen LogP contribution in [0.2, 0.25) is 0 Å². The Morgan fingerprint density at radius 3 is 2.87 bits per heavy atom. The van der Waals surface area contributed by atoms with Gasteiger partial charge in [-0.25, -0.2) is 4.39 Å². The molecule has 1 saturated carbocycles. The molecule has 0 heterocycles. The van der Waals surface area contributed by atoms with Gasteiger partial charge in [0.25, 0.3) is 0 Å². The first-order valence-electron chi connectivity index (χ1n) is 8.37. The molecule has 0 spiro atoms. The number of hydrogen-bond donors (Lipinski definition) is 2. The van der Waals surface area contributed by atoms with Crippen LogP contribution >= 0.6 is 0 Å². The number of methoxy groups -OCH3 is 1. The van der Waals surface area contributed by atoms with E-state index in [2.05, 4.69) is 5.32 Å². The highest BCUT2D eigenvalue weighted by Gasteiger charge is 2.23. The Balaban J connectivity index is 1.67. The van der Waals surface area contributed by atoms with Gasteiger partial charge in [0, 0.05) is 18.9 Å². The normalized spacial score (nSPS) is 21.0. The molecular formula is C18H26FNO3. The topological polar surface area (TPSA) is 58.6 Å². The second kappa shape index (κ2) is 8.87. The fraction of sp³-hybridized carbons (Fsp3) is 0.611. The van der Waals surface area contributed by atoms with Crippen LogP contribution in [0, 0.1) is 11.7 Å². The lowest BCUT2D eigenvalue weighted by Gasteiger charge is -2.27. The average Bonchev–Trinajstić information content (AvgIpc) is 2.54. The maximum atomic E-state index is 13.6. The van der Waals surface area contributed by atoms with Crippen LogP contribution in [0.4, 0.5) is 4.39 Å². The molecule has 2 rings (SSSR count). The molecule has 2 atom stereocenters. The minimum Gasteiger partial charge on any atom is -0.494 e. The molecule has 4 nitrogen and oxygen atoms in total. The van der Waals surface area contributed by atoms with E-state index in [1.165, 1.54) is 13.2 Å². The van der Waals surface area contributed by atoms with Crippen LogP contribution in [0.1, 0.15) is 44.1 Å². The molecule has 1 amide bonds. The number of aliphatic hydroxyl groups is 1. The van der Waals surface area contributed by atoms with Crippen molar-refractivity contribution < 1.29 is 19.0 Å². The van der Waals surface area contributed by atoms with Crippen molar-refractivity contribution in [3.05, 3.63) is 29.6 Å². The highest BCUT2D eigenvalue weighted by Crippen LogP contribution is 2.23. The standard InChI is InChI=1S/C18H26FNO3/c1-23-17-10-9-13(11-15(17)19)5-4-8-18(22)20-12-14-6-2-3-7-16(14)21/h9-11,14,16,21H,2-8,12H2,1H3,(H,20,22). The van der Waals surface area contributed by atoms with E-state index in [1.807, 2.05) is 6.07 Å². The molecule has 1 fully saturated rings. The third-order valence-electron chi connectivity index (χ3n) is 4.52. The van der Waals surface area contributed by atoms with Gasteiger partial charge >= 0.3 is 0 Å². The summed E-state index contributed by atoms with van der Waals surface area (Å²) in [5.41, 5.74) is 0.860. The second-order valence-corrected chi connectivity index (χ2v) is 6.24. The number of amides is 1. The van der Waals surface area contributed by atoms with Gasteiger partial charge < -0.3 is 15.2 Å². The molecule has 1 aromatic carbocycles. The Kier molecular flexibility index (Phi) is 6.84. The number of carbonyl (C=O) groups excluding carboxylic acids is 1. The van der Waals surface area contributed by atoms with Crippen molar-refractivity contribution in [3.63, 3.8) is 0 Å². The van der Waals surface area contributed by atoms with Gasteiger partial charge in [0.1, 0.15) is 0 Å². The molecule has 0 bridgehead atoms. The van der Waals surface area contributed by atoms with E-state index in [9.17, 15) is 14.3 Å². The van der Waals surface area contributed by atoms with Crippen LogP contribution in [0.25, 0.3) is 0 Å². The first-order chi connectivity index (χ1) is 11.1. The molecule has 0 aromatic heterocycles. The van der Waals surface area contributed by atoms with Crippen molar-refractivity contribution in [1.82, 2.24) is 5.32 Å². The van der Waals surface area contributed by atoms with Crippen molar-refractivity contribution >= 4 is 5.91 Å².